The molecule has 0 aliphatic heterocycles. The summed E-state index contributed by atoms with van der Waals surface area (Å²) in [6.07, 6.45) is 1.50. The molecule has 3 rings (SSSR count). The first kappa shape index (κ1) is 22.6. The van der Waals surface area contributed by atoms with Crippen LogP contribution in [-0.2, 0) is 20.3 Å². The van der Waals surface area contributed by atoms with Gasteiger partial charge < -0.3 is 19.2 Å². The van der Waals surface area contributed by atoms with E-state index in [-0.39, 0.29) is 12.6 Å². The molecule has 1 heterocycles. The highest BCUT2D eigenvalue weighted by molar-refractivity contribution is 7.85. The fourth-order valence-electron chi connectivity index (χ4n) is 3.17. The van der Waals surface area contributed by atoms with Crippen LogP contribution >= 0.6 is 0 Å². The minimum absolute atomic E-state index is 0.277. The molecule has 3 aromatic rings. The molecular weight excluding hydrogens is 414 g/mol. The second kappa shape index (κ2) is 10.3. The summed E-state index contributed by atoms with van der Waals surface area (Å²) in [5.74, 6) is 0.217. The highest BCUT2D eigenvalue weighted by atomic mass is 32.2. The molecule has 0 fully saturated rings. The third-order valence-electron chi connectivity index (χ3n) is 4.95. The van der Waals surface area contributed by atoms with Gasteiger partial charge in [0, 0.05) is 10.6 Å². The molecule has 2 aromatic carbocycles. The Kier molecular flexibility index (Phi) is 7.52. The van der Waals surface area contributed by atoms with Gasteiger partial charge in [-0.05, 0) is 63.2 Å². The van der Waals surface area contributed by atoms with E-state index in [0.29, 0.717) is 15.6 Å². The highest BCUT2D eigenvalue weighted by Gasteiger charge is 2.32. The standard InChI is InChI=1S/C24H27NO5S/c1-5-29-24(26)17(3)22(25-18-8-10-19(28-4)11-9-18)23-21(14-15-30-23)31(27)20-12-6-16(2)7-13-20/h6-15,17,22,25H,5H2,1-4H3/t17-,22+,31?/m1/s1. The Labute approximate surface area is 185 Å². The van der Waals surface area contributed by atoms with Crippen LogP contribution in [0.3, 0.4) is 0 Å². The van der Waals surface area contributed by atoms with Gasteiger partial charge in [-0.2, -0.15) is 0 Å². The van der Waals surface area contributed by atoms with Crippen LogP contribution in [0.2, 0.25) is 0 Å². The molecule has 1 aromatic heterocycles. The van der Waals surface area contributed by atoms with Gasteiger partial charge in [-0.3, -0.25) is 4.79 Å². The smallest absolute Gasteiger partial charge is 0.311 e. The summed E-state index contributed by atoms with van der Waals surface area (Å²) in [5, 5.41) is 3.34. The number of nitrogens with one attached hydrogen (secondary N) is 1. The van der Waals surface area contributed by atoms with Gasteiger partial charge in [-0.25, -0.2) is 4.21 Å². The first-order chi connectivity index (χ1) is 14.9. The zero-order chi connectivity index (χ0) is 22.4. The van der Waals surface area contributed by atoms with E-state index in [4.69, 9.17) is 13.9 Å². The maximum atomic E-state index is 13.3. The molecule has 0 saturated heterocycles. The summed E-state index contributed by atoms with van der Waals surface area (Å²) < 4.78 is 29.5. The third-order valence-corrected chi connectivity index (χ3v) is 6.38. The van der Waals surface area contributed by atoms with Gasteiger partial charge in [-0.1, -0.05) is 17.7 Å². The average Bonchev–Trinajstić information content (AvgIpc) is 3.27. The van der Waals surface area contributed by atoms with Gasteiger partial charge in [0.1, 0.15) is 11.5 Å². The lowest BCUT2D eigenvalue weighted by molar-refractivity contribution is -0.148. The molecule has 6 nitrogen and oxygen atoms in total. The molecule has 0 saturated carbocycles. The van der Waals surface area contributed by atoms with Crippen LogP contribution in [0.25, 0.3) is 0 Å². The number of furan rings is 1. The minimum Gasteiger partial charge on any atom is -0.497 e. The van der Waals surface area contributed by atoms with Crippen molar-refractivity contribution in [2.24, 2.45) is 5.92 Å². The quantitative estimate of drug-likeness (QED) is 0.465. The first-order valence-electron chi connectivity index (χ1n) is 10.1. The molecule has 3 atom stereocenters. The van der Waals surface area contributed by atoms with E-state index >= 15 is 0 Å². The van der Waals surface area contributed by atoms with Crippen molar-refractivity contribution in [1.82, 2.24) is 0 Å². The number of carbonyl (C=O) groups excluding carboxylic acids is 1. The minimum atomic E-state index is -1.46. The Hall–Kier alpha value is -3.06. The highest BCUT2D eigenvalue weighted by Crippen LogP contribution is 2.34. The molecule has 1 unspecified atom stereocenters. The van der Waals surface area contributed by atoms with E-state index in [1.54, 1.807) is 27.0 Å². The number of carbonyl (C=O) groups is 1. The van der Waals surface area contributed by atoms with Crippen LogP contribution in [0.5, 0.6) is 5.75 Å². The van der Waals surface area contributed by atoms with Crippen LogP contribution in [0.1, 0.15) is 31.2 Å². The molecule has 0 aliphatic carbocycles. The van der Waals surface area contributed by atoms with Crippen LogP contribution in [0, 0.1) is 12.8 Å². The Morgan fingerprint density at radius 3 is 2.39 bits per heavy atom. The fourth-order valence-corrected chi connectivity index (χ4v) is 4.35. The van der Waals surface area contributed by atoms with E-state index in [2.05, 4.69) is 5.32 Å². The Balaban J connectivity index is 1.97. The van der Waals surface area contributed by atoms with E-state index in [1.807, 2.05) is 55.5 Å². The Morgan fingerprint density at radius 1 is 1.10 bits per heavy atom. The summed E-state index contributed by atoms with van der Waals surface area (Å²) in [7, 11) is 0.142. The predicted molar refractivity (Wildman–Crippen MR) is 120 cm³/mol. The van der Waals surface area contributed by atoms with Crippen molar-refractivity contribution in [3.63, 3.8) is 0 Å². The van der Waals surface area contributed by atoms with Gasteiger partial charge in [0.25, 0.3) is 0 Å². The molecule has 1 N–H and O–H groups in total. The third kappa shape index (κ3) is 5.35. The summed E-state index contributed by atoms with van der Waals surface area (Å²) in [4.78, 5) is 13.7. The van der Waals surface area contributed by atoms with Gasteiger partial charge in [-0.15, -0.1) is 0 Å². The number of benzene rings is 2. The summed E-state index contributed by atoms with van der Waals surface area (Å²) in [6.45, 7) is 5.78. The summed E-state index contributed by atoms with van der Waals surface area (Å²) in [6, 6.07) is 16.0. The van der Waals surface area contributed by atoms with E-state index in [1.165, 1.54) is 6.26 Å². The molecule has 0 aliphatic rings. The second-order valence-corrected chi connectivity index (χ2v) is 8.57. The average molecular weight is 442 g/mol. The van der Waals surface area contributed by atoms with E-state index in [9.17, 15) is 9.00 Å². The van der Waals surface area contributed by atoms with Gasteiger partial charge in [0.05, 0.1) is 47.6 Å². The monoisotopic (exact) mass is 441 g/mol. The second-order valence-electron chi connectivity index (χ2n) is 7.12. The normalized spacial score (nSPS) is 13.8. The lowest BCUT2D eigenvalue weighted by Gasteiger charge is -2.24. The first-order valence-corrected chi connectivity index (χ1v) is 11.2. The number of esters is 1. The molecule has 7 heteroatoms. The number of rotatable bonds is 9. The van der Waals surface area contributed by atoms with Crippen molar-refractivity contribution in [3.05, 3.63) is 72.2 Å². The SMILES string of the molecule is CCOC(=O)[C@H](C)[C@H](Nc1ccc(OC)cc1)c1occc1S(=O)c1ccc(C)cc1. The lowest BCUT2D eigenvalue weighted by atomic mass is 9.99. The van der Waals surface area contributed by atoms with Crippen molar-refractivity contribution < 1.29 is 22.9 Å². The lowest BCUT2D eigenvalue weighted by Crippen LogP contribution is -2.27. The van der Waals surface area contributed by atoms with Crippen LogP contribution in [0.15, 0.2) is 75.1 Å². The molecule has 31 heavy (non-hydrogen) atoms. The van der Waals surface area contributed by atoms with Crippen molar-refractivity contribution in [1.29, 1.82) is 0 Å². The van der Waals surface area contributed by atoms with Crippen LogP contribution < -0.4 is 10.1 Å². The van der Waals surface area contributed by atoms with Crippen molar-refractivity contribution in [3.8, 4) is 5.75 Å². The maximum Gasteiger partial charge on any atom is 0.311 e. The van der Waals surface area contributed by atoms with Gasteiger partial charge >= 0.3 is 5.97 Å². The van der Waals surface area contributed by atoms with Crippen LogP contribution in [-0.4, -0.2) is 23.9 Å². The Morgan fingerprint density at radius 2 is 1.77 bits per heavy atom. The van der Waals surface area contributed by atoms with Crippen molar-refractivity contribution in [2.75, 3.05) is 19.0 Å². The van der Waals surface area contributed by atoms with Gasteiger partial charge in [0.15, 0.2) is 0 Å². The Bertz CT molecular complexity index is 1030. The largest absolute Gasteiger partial charge is 0.497 e. The molecule has 0 bridgehead atoms. The molecule has 164 valence electrons. The molecular formula is C24H27NO5S. The van der Waals surface area contributed by atoms with E-state index in [0.717, 1.165) is 17.0 Å². The fraction of sp³-hybridized carbons (Fsp3) is 0.292. The van der Waals surface area contributed by atoms with Crippen LogP contribution in [0.4, 0.5) is 5.69 Å². The van der Waals surface area contributed by atoms with Crippen molar-refractivity contribution >= 4 is 22.5 Å². The number of ether oxygens (including phenoxy) is 2. The number of aryl methyl sites for hydroxylation is 1. The number of hydrogen-bond donors (Lipinski definition) is 1. The van der Waals surface area contributed by atoms with Crippen molar-refractivity contribution in [2.45, 2.75) is 36.6 Å². The topological polar surface area (TPSA) is 77.8 Å². The summed E-state index contributed by atoms with van der Waals surface area (Å²) >= 11 is 0. The molecule has 0 spiro atoms. The van der Waals surface area contributed by atoms with E-state index < -0.39 is 22.8 Å². The zero-order valence-electron chi connectivity index (χ0n) is 18.1. The zero-order valence-corrected chi connectivity index (χ0v) is 18.9. The summed E-state index contributed by atoms with van der Waals surface area (Å²) in [5.41, 5.74) is 1.86. The number of methoxy groups -OCH3 is 1. The maximum absolute atomic E-state index is 13.3. The number of anilines is 1. The molecule has 0 amide bonds. The predicted octanol–water partition coefficient (Wildman–Crippen LogP) is 5.12. The van der Waals surface area contributed by atoms with Gasteiger partial charge in [0.2, 0.25) is 0 Å². The number of hydrogen-bond acceptors (Lipinski definition) is 6. The molecule has 0 radical (unpaired) electrons.